The predicted molar refractivity (Wildman–Crippen MR) is 93.1 cm³/mol. The number of sulfonamides is 1. The van der Waals surface area contributed by atoms with Crippen LogP contribution in [0.15, 0.2) is 21.6 Å². The highest BCUT2D eigenvalue weighted by Crippen LogP contribution is 2.20. The van der Waals surface area contributed by atoms with Crippen molar-refractivity contribution >= 4 is 33.3 Å². The molecule has 0 unspecified atom stereocenters. The zero-order chi connectivity index (χ0) is 17.7. The van der Waals surface area contributed by atoms with E-state index < -0.39 is 15.9 Å². The van der Waals surface area contributed by atoms with Gasteiger partial charge in [0.05, 0.1) is 0 Å². The zero-order valence-corrected chi connectivity index (χ0v) is 15.2. The van der Waals surface area contributed by atoms with Crippen LogP contribution in [0.2, 0.25) is 0 Å². The van der Waals surface area contributed by atoms with Crippen LogP contribution in [0.4, 0.5) is 0 Å². The second-order valence-corrected chi connectivity index (χ2v) is 7.72. The minimum Gasteiger partial charge on any atom is -0.438 e. The van der Waals surface area contributed by atoms with Crippen molar-refractivity contribution in [2.75, 3.05) is 32.7 Å². The predicted octanol–water partition coefficient (Wildman–Crippen LogP) is 0.359. The van der Waals surface area contributed by atoms with E-state index in [0.29, 0.717) is 31.3 Å². The molecular formula is C14H22N4O4S2. The molecule has 8 nitrogen and oxygen atoms in total. The molecule has 1 aromatic heterocycles. The number of furan rings is 1. The highest BCUT2D eigenvalue weighted by molar-refractivity contribution is 7.89. The minimum absolute atomic E-state index is 0.173. The summed E-state index contributed by atoms with van der Waals surface area (Å²) >= 11 is 5.32. The van der Waals surface area contributed by atoms with Crippen LogP contribution in [0.25, 0.3) is 0 Å². The largest absolute Gasteiger partial charge is 0.438 e. The van der Waals surface area contributed by atoms with Gasteiger partial charge in [-0.25, -0.2) is 8.42 Å². The molecule has 1 aromatic rings. The Bertz CT molecular complexity index is 693. The fourth-order valence-corrected chi connectivity index (χ4v) is 3.95. The third-order valence-corrected chi connectivity index (χ3v) is 5.93. The number of hydrogen-bond donors (Lipinski definition) is 2. The summed E-state index contributed by atoms with van der Waals surface area (Å²) in [7, 11) is -3.78. The highest BCUT2D eigenvalue weighted by Gasteiger charge is 2.31. The lowest BCUT2D eigenvalue weighted by Crippen LogP contribution is -2.53. The standard InChI is InChI=1S/C14H22N4O4S2/c1-2-3-6-16-14(23)17-7-9-18(10-8-17)24(20,21)12-5-4-11(22-12)13(15)19/h4-5H,2-3,6-10H2,1H3,(H2,15,19)(H,16,23). The highest BCUT2D eigenvalue weighted by atomic mass is 32.2. The van der Waals surface area contributed by atoms with Gasteiger partial charge >= 0.3 is 0 Å². The molecule has 1 amide bonds. The van der Waals surface area contributed by atoms with Crippen molar-refractivity contribution < 1.29 is 17.6 Å². The molecular weight excluding hydrogens is 352 g/mol. The van der Waals surface area contributed by atoms with E-state index in [4.69, 9.17) is 22.4 Å². The van der Waals surface area contributed by atoms with Gasteiger partial charge in [-0.2, -0.15) is 4.31 Å². The molecule has 0 atom stereocenters. The van der Waals surface area contributed by atoms with Crippen molar-refractivity contribution in [3.63, 3.8) is 0 Å². The molecule has 0 aromatic carbocycles. The van der Waals surface area contributed by atoms with E-state index in [9.17, 15) is 13.2 Å². The van der Waals surface area contributed by atoms with Gasteiger partial charge in [0.25, 0.3) is 15.9 Å². The van der Waals surface area contributed by atoms with E-state index in [1.807, 2.05) is 4.90 Å². The number of nitrogens with one attached hydrogen (secondary N) is 1. The molecule has 0 radical (unpaired) electrons. The van der Waals surface area contributed by atoms with Gasteiger partial charge in [0, 0.05) is 32.7 Å². The number of thiocarbonyl (C=S) groups is 1. The molecule has 10 heteroatoms. The summed E-state index contributed by atoms with van der Waals surface area (Å²) in [6.45, 7) is 4.51. The van der Waals surface area contributed by atoms with Crippen molar-refractivity contribution in [2.45, 2.75) is 24.9 Å². The normalized spacial score (nSPS) is 16.1. The summed E-state index contributed by atoms with van der Waals surface area (Å²) in [6.07, 6.45) is 2.12. The molecule has 1 fully saturated rings. The van der Waals surface area contributed by atoms with E-state index in [2.05, 4.69) is 12.2 Å². The average molecular weight is 374 g/mol. The quantitative estimate of drug-likeness (QED) is 0.546. The lowest BCUT2D eigenvalue weighted by Gasteiger charge is -2.35. The molecule has 0 saturated carbocycles. The van der Waals surface area contributed by atoms with E-state index in [1.165, 1.54) is 16.4 Å². The number of carbonyl (C=O) groups excluding carboxylic acids is 1. The van der Waals surface area contributed by atoms with Crippen LogP contribution in [-0.4, -0.2) is 61.4 Å². The van der Waals surface area contributed by atoms with E-state index >= 15 is 0 Å². The zero-order valence-electron chi connectivity index (χ0n) is 13.5. The Morgan fingerprint density at radius 1 is 1.33 bits per heavy atom. The Morgan fingerprint density at radius 2 is 2.00 bits per heavy atom. The molecule has 3 N–H and O–H groups in total. The number of amides is 1. The smallest absolute Gasteiger partial charge is 0.284 e. The van der Waals surface area contributed by atoms with Gasteiger partial charge in [0.1, 0.15) is 0 Å². The van der Waals surface area contributed by atoms with Crippen molar-refractivity contribution in [3.05, 3.63) is 17.9 Å². The van der Waals surface area contributed by atoms with Crippen molar-refractivity contribution in [1.82, 2.24) is 14.5 Å². The van der Waals surface area contributed by atoms with Crippen molar-refractivity contribution in [3.8, 4) is 0 Å². The van der Waals surface area contributed by atoms with E-state index in [1.54, 1.807) is 0 Å². The Balaban J connectivity index is 1.95. The fourth-order valence-electron chi connectivity index (χ4n) is 2.33. The topological polar surface area (TPSA) is 109 Å². The third kappa shape index (κ3) is 4.25. The SMILES string of the molecule is CCCCNC(=S)N1CCN(S(=O)(=O)c2ccc(C(N)=O)o2)CC1. The molecule has 0 spiro atoms. The van der Waals surface area contributed by atoms with Crippen LogP contribution in [0.1, 0.15) is 30.3 Å². The molecule has 2 heterocycles. The summed E-state index contributed by atoms with van der Waals surface area (Å²) in [5.74, 6) is -0.974. The van der Waals surface area contributed by atoms with Crippen LogP contribution in [-0.2, 0) is 10.0 Å². The molecule has 1 aliphatic rings. The number of hydrogen-bond acceptors (Lipinski definition) is 5. The first-order valence-corrected chi connectivity index (χ1v) is 9.63. The van der Waals surface area contributed by atoms with Crippen LogP contribution < -0.4 is 11.1 Å². The van der Waals surface area contributed by atoms with Gasteiger partial charge in [0.15, 0.2) is 10.9 Å². The van der Waals surface area contributed by atoms with Crippen LogP contribution >= 0.6 is 12.2 Å². The summed E-state index contributed by atoms with van der Waals surface area (Å²) < 4.78 is 31.4. The summed E-state index contributed by atoms with van der Waals surface area (Å²) in [4.78, 5) is 13.0. The first-order valence-electron chi connectivity index (χ1n) is 7.79. The molecule has 2 rings (SSSR count). The van der Waals surface area contributed by atoms with Gasteiger partial charge in [-0.05, 0) is 30.8 Å². The Morgan fingerprint density at radius 3 is 2.54 bits per heavy atom. The first-order chi connectivity index (χ1) is 11.4. The van der Waals surface area contributed by atoms with Gasteiger partial charge in [-0.1, -0.05) is 13.3 Å². The number of primary amides is 1. The number of unbranched alkanes of at least 4 members (excludes halogenated alkanes) is 1. The van der Waals surface area contributed by atoms with Crippen molar-refractivity contribution in [2.24, 2.45) is 5.73 Å². The number of piperazine rings is 1. The summed E-state index contributed by atoms with van der Waals surface area (Å²) in [5, 5.41) is 3.55. The average Bonchev–Trinajstić information content (AvgIpc) is 3.06. The molecule has 24 heavy (non-hydrogen) atoms. The molecule has 1 saturated heterocycles. The van der Waals surface area contributed by atoms with Crippen LogP contribution in [0.3, 0.4) is 0 Å². The molecule has 0 bridgehead atoms. The van der Waals surface area contributed by atoms with E-state index in [-0.39, 0.29) is 10.9 Å². The van der Waals surface area contributed by atoms with Gasteiger partial charge in [-0.3, -0.25) is 4.79 Å². The lowest BCUT2D eigenvalue weighted by molar-refractivity contribution is 0.0968. The van der Waals surface area contributed by atoms with E-state index in [0.717, 1.165) is 19.4 Å². The fraction of sp³-hybridized carbons (Fsp3) is 0.571. The second kappa shape index (κ2) is 7.95. The first kappa shape index (κ1) is 18.7. The number of nitrogens with two attached hydrogens (primary N) is 1. The van der Waals surface area contributed by atoms with Crippen LogP contribution in [0.5, 0.6) is 0 Å². The Kier molecular flexibility index (Phi) is 6.19. The minimum atomic E-state index is -3.78. The summed E-state index contributed by atoms with van der Waals surface area (Å²) in [5.41, 5.74) is 5.08. The molecule has 134 valence electrons. The monoisotopic (exact) mass is 374 g/mol. The second-order valence-electron chi connectivity index (χ2n) is 5.46. The maximum Gasteiger partial charge on any atom is 0.284 e. The summed E-state index contributed by atoms with van der Waals surface area (Å²) in [6, 6.07) is 2.51. The molecule has 1 aliphatic heterocycles. The molecule has 0 aliphatic carbocycles. The van der Waals surface area contributed by atoms with Gasteiger partial charge < -0.3 is 20.4 Å². The van der Waals surface area contributed by atoms with Crippen LogP contribution in [0, 0.1) is 0 Å². The maximum absolute atomic E-state index is 12.5. The number of rotatable bonds is 6. The number of carbonyl (C=O) groups is 1. The van der Waals surface area contributed by atoms with Crippen molar-refractivity contribution in [1.29, 1.82) is 0 Å². The Labute approximate surface area is 147 Å². The van der Waals surface area contributed by atoms with Gasteiger partial charge in [0.2, 0.25) is 5.09 Å². The maximum atomic E-state index is 12.5. The third-order valence-electron chi connectivity index (χ3n) is 3.75. The number of nitrogens with zero attached hydrogens (tertiary/aromatic N) is 2. The van der Waals surface area contributed by atoms with Gasteiger partial charge in [-0.15, -0.1) is 0 Å². The lowest BCUT2D eigenvalue weighted by atomic mass is 10.3. The Hall–Kier alpha value is -1.65.